The first-order valence-electron chi connectivity index (χ1n) is 8.64. The first-order chi connectivity index (χ1) is 13.4. The summed E-state index contributed by atoms with van der Waals surface area (Å²) in [5.41, 5.74) is -0.382. The topological polar surface area (TPSA) is 119 Å². The second kappa shape index (κ2) is 7.98. The van der Waals surface area contributed by atoms with Gasteiger partial charge in [0, 0.05) is 32.9 Å². The predicted molar refractivity (Wildman–Crippen MR) is 100 cm³/mol. The van der Waals surface area contributed by atoms with Gasteiger partial charge in [-0.25, -0.2) is 4.68 Å². The van der Waals surface area contributed by atoms with E-state index < -0.39 is 17.7 Å². The number of benzene rings is 1. The minimum atomic E-state index is -1.16. The van der Waals surface area contributed by atoms with Gasteiger partial charge in [0.2, 0.25) is 0 Å². The van der Waals surface area contributed by atoms with E-state index in [0.29, 0.717) is 22.7 Å². The SMILES string of the molecule is COCC1(COC)Oc2ccc(C#N)cc2[C@H](Nc2ccc(=O)n(C)n2)[C@H]1O. The second-order valence-electron chi connectivity index (χ2n) is 6.64. The van der Waals surface area contributed by atoms with Crippen molar-refractivity contribution < 1.29 is 19.3 Å². The number of nitrogens with zero attached hydrogens (tertiary/aromatic N) is 3. The molecule has 0 saturated carbocycles. The highest BCUT2D eigenvalue weighted by Gasteiger charge is 2.50. The van der Waals surface area contributed by atoms with E-state index in [4.69, 9.17) is 14.2 Å². The van der Waals surface area contributed by atoms with Gasteiger partial charge in [0.05, 0.1) is 30.9 Å². The maximum Gasteiger partial charge on any atom is 0.266 e. The number of fused-ring (bicyclic) bond motifs is 1. The molecular weight excluding hydrogens is 364 g/mol. The molecule has 1 aliphatic rings. The van der Waals surface area contributed by atoms with Gasteiger partial charge in [0.15, 0.2) is 5.60 Å². The fourth-order valence-corrected chi connectivity index (χ4v) is 3.36. The van der Waals surface area contributed by atoms with E-state index in [1.165, 1.54) is 38.1 Å². The number of rotatable bonds is 6. The molecule has 148 valence electrons. The zero-order valence-corrected chi connectivity index (χ0v) is 15.9. The Labute approximate surface area is 162 Å². The van der Waals surface area contributed by atoms with Gasteiger partial charge in [-0.3, -0.25) is 4.79 Å². The van der Waals surface area contributed by atoms with Crippen molar-refractivity contribution in [3.63, 3.8) is 0 Å². The van der Waals surface area contributed by atoms with Gasteiger partial charge in [-0.2, -0.15) is 10.4 Å². The molecule has 0 spiro atoms. The van der Waals surface area contributed by atoms with E-state index in [-0.39, 0.29) is 18.8 Å². The number of methoxy groups -OCH3 is 2. The van der Waals surface area contributed by atoms with Gasteiger partial charge in [0.1, 0.15) is 17.7 Å². The van der Waals surface area contributed by atoms with Crippen LogP contribution in [0.15, 0.2) is 35.1 Å². The molecule has 0 aliphatic carbocycles. The Kier molecular flexibility index (Phi) is 5.65. The fraction of sp³-hybridized carbons (Fsp3) is 0.421. The Hall–Kier alpha value is -2.93. The van der Waals surface area contributed by atoms with Crippen LogP contribution in [-0.2, 0) is 16.5 Å². The lowest BCUT2D eigenvalue weighted by molar-refractivity contribution is -0.142. The molecule has 0 radical (unpaired) electrons. The van der Waals surface area contributed by atoms with E-state index in [1.807, 2.05) is 0 Å². The van der Waals surface area contributed by atoms with Crippen LogP contribution < -0.4 is 15.6 Å². The fourth-order valence-electron chi connectivity index (χ4n) is 3.36. The number of ether oxygens (including phenoxy) is 3. The van der Waals surface area contributed by atoms with Crippen molar-refractivity contribution in [1.82, 2.24) is 9.78 Å². The van der Waals surface area contributed by atoms with Crippen LogP contribution in [0.3, 0.4) is 0 Å². The maximum atomic E-state index is 11.6. The predicted octanol–water partition coefficient (Wildman–Crippen LogP) is 0.590. The largest absolute Gasteiger partial charge is 0.479 e. The zero-order chi connectivity index (χ0) is 20.3. The molecule has 0 saturated heterocycles. The number of aryl methyl sites for hydroxylation is 1. The zero-order valence-electron chi connectivity index (χ0n) is 15.9. The highest BCUT2D eigenvalue weighted by molar-refractivity contribution is 5.50. The average Bonchev–Trinajstić information content (AvgIpc) is 2.68. The van der Waals surface area contributed by atoms with Crippen molar-refractivity contribution >= 4 is 5.82 Å². The maximum absolute atomic E-state index is 11.6. The molecule has 0 fully saturated rings. The van der Waals surface area contributed by atoms with Crippen LogP contribution in [0.1, 0.15) is 17.2 Å². The normalized spacial score (nSPS) is 20.0. The second-order valence-corrected chi connectivity index (χ2v) is 6.64. The lowest BCUT2D eigenvalue weighted by Gasteiger charge is -2.45. The smallest absolute Gasteiger partial charge is 0.266 e. The van der Waals surface area contributed by atoms with Crippen molar-refractivity contribution in [2.75, 3.05) is 32.8 Å². The summed E-state index contributed by atoms with van der Waals surface area (Å²) in [6.45, 7) is 0.167. The van der Waals surface area contributed by atoms with Gasteiger partial charge in [-0.15, -0.1) is 0 Å². The standard InChI is InChI=1S/C19H22N4O5/c1-23-16(24)7-6-15(22-23)21-17-13-8-12(9-20)4-5-14(13)28-19(10-26-2,11-27-3)18(17)25/h4-8,17-18,25H,10-11H2,1-3H3,(H,21,22)/t17-,18+/m0/s1. The van der Waals surface area contributed by atoms with Gasteiger partial charge in [-0.05, 0) is 24.3 Å². The summed E-state index contributed by atoms with van der Waals surface area (Å²) < 4.78 is 17.9. The van der Waals surface area contributed by atoms with Crippen LogP contribution in [0, 0.1) is 11.3 Å². The summed E-state index contributed by atoms with van der Waals surface area (Å²) in [6, 6.07) is 9.31. The number of hydrogen-bond donors (Lipinski definition) is 2. The summed E-state index contributed by atoms with van der Waals surface area (Å²) in [6.07, 6.45) is -1.09. The molecule has 3 rings (SSSR count). The number of anilines is 1. The molecule has 0 unspecified atom stereocenters. The Bertz CT molecular complexity index is 946. The van der Waals surface area contributed by atoms with E-state index in [0.717, 1.165) is 0 Å². The van der Waals surface area contributed by atoms with Gasteiger partial charge in [-0.1, -0.05) is 0 Å². The molecule has 1 aliphatic heterocycles. The van der Waals surface area contributed by atoms with Crippen molar-refractivity contribution in [3.05, 3.63) is 51.8 Å². The van der Waals surface area contributed by atoms with E-state index in [2.05, 4.69) is 16.5 Å². The van der Waals surface area contributed by atoms with E-state index in [1.54, 1.807) is 18.2 Å². The van der Waals surface area contributed by atoms with Crippen LogP contribution in [0.4, 0.5) is 5.82 Å². The molecule has 0 amide bonds. The van der Waals surface area contributed by atoms with Crippen LogP contribution in [-0.4, -0.2) is 54.0 Å². The summed E-state index contributed by atoms with van der Waals surface area (Å²) in [5, 5.41) is 27.8. The lowest BCUT2D eigenvalue weighted by atomic mass is 9.84. The van der Waals surface area contributed by atoms with Crippen molar-refractivity contribution in [3.8, 4) is 11.8 Å². The highest BCUT2D eigenvalue weighted by Crippen LogP contribution is 2.42. The molecule has 9 heteroatoms. The summed E-state index contributed by atoms with van der Waals surface area (Å²) in [4.78, 5) is 11.6. The van der Waals surface area contributed by atoms with Gasteiger partial charge >= 0.3 is 0 Å². The number of hydrogen-bond acceptors (Lipinski definition) is 8. The summed E-state index contributed by atoms with van der Waals surface area (Å²) >= 11 is 0. The molecule has 2 aromatic rings. The van der Waals surface area contributed by atoms with Gasteiger partial charge in [0.25, 0.3) is 5.56 Å². The number of aromatic nitrogens is 2. The first-order valence-corrected chi connectivity index (χ1v) is 8.64. The van der Waals surface area contributed by atoms with Crippen LogP contribution in [0.25, 0.3) is 0 Å². The third-order valence-corrected chi connectivity index (χ3v) is 4.68. The molecule has 2 atom stereocenters. The molecule has 1 aromatic heterocycles. The monoisotopic (exact) mass is 386 g/mol. The number of nitriles is 1. The number of aliphatic hydroxyl groups is 1. The Morgan fingerprint density at radius 3 is 2.64 bits per heavy atom. The molecule has 9 nitrogen and oxygen atoms in total. The molecule has 2 heterocycles. The average molecular weight is 386 g/mol. The van der Waals surface area contributed by atoms with Crippen molar-refractivity contribution in [1.29, 1.82) is 5.26 Å². The lowest BCUT2D eigenvalue weighted by Crippen LogP contribution is -2.60. The third kappa shape index (κ3) is 3.57. The summed E-state index contributed by atoms with van der Waals surface area (Å²) in [7, 11) is 4.56. The molecule has 2 N–H and O–H groups in total. The number of nitrogens with one attached hydrogen (secondary N) is 1. The van der Waals surface area contributed by atoms with Crippen molar-refractivity contribution in [2.24, 2.45) is 7.05 Å². The van der Waals surface area contributed by atoms with Crippen LogP contribution in [0.5, 0.6) is 5.75 Å². The minimum absolute atomic E-state index is 0.0837. The van der Waals surface area contributed by atoms with E-state index >= 15 is 0 Å². The van der Waals surface area contributed by atoms with Crippen LogP contribution >= 0.6 is 0 Å². The van der Waals surface area contributed by atoms with E-state index in [9.17, 15) is 15.2 Å². The Morgan fingerprint density at radius 2 is 2.04 bits per heavy atom. The molecular formula is C19H22N4O5. The minimum Gasteiger partial charge on any atom is -0.479 e. The highest BCUT2D eigenvalue weighted by atomic mass is 16.6. The Morgan fingerprint density at radius 1 is 1.32 bits per heavy atom. The Balaban J connectivity index is 2.09. The molecule has 1 aromatic carbocycles. The molecule has 28 heavy (non-hydrogen) atoms. The third-order valence-electron chi connectivity index (χ3n) is 4.68. The quantitative estimate of drug-likeness (QED) is 0.740. The van der Waals surface area contributed by atoms with Crippen molar-refractivity contribution in [2.45, 2.75) is 17.7 Å². The molecule has 0 bridgehead atoms. The van der Waals surface area contributed by atoms with Crippen LogP contribution in [0.2, 0.25) is 0 Å². The van der Waals surface area contributed by atoms with Gasteiger partial charge < -0.3 is 24.6 Å². The summed E-state index contributed by atoms with van der Waals surface area (Å²) in [5.74, 6) is 0.894. The number of aliphatic hydroxyl groups excluding tert-OH is 1. The first kappa shape index (κ1) is 19.8.